The molecule has 0 aliphatic heterocycles. The van der Waals surface area contributed by atoms with Crippen LogP contribution in [0.3, 0.4) is 0 Å². The molecule has 0 aliphatic rings. The molecule has 0 unspecified atom stereocenters. The van der Waals surface area contributed by atoms with Crippen molar-refractivity contribution in [2.24, 2.45) is 0 Å². The van der Waals surface area contributed by atoms with Crippen LogP contribution in [0.1, 0.15) is 62.6 Å². The minimum Gasteiger partial charge on any atom is -0.0845 e. The van der Waals surface area contributed by atoms with Crippen molar-refractivity contribution in [3.05, 3.63) is 65.2 Å². The Morgan fingerprint density at radius 3 is 1.73 bits per heavy atom. The van der Waals surface area contributed by atoms with Crippen LogP contribution in [0.4, 0.5) is 0 Å². The van der Waals surface area contributed by atoms with Crippen molar-refractivity contribution >= 4 is 12.7 Å². The van der Waals surface area contributed by atoms with Crippen LogP contribution < -0.4 is 5.46 Å². The van der Waals surface area contributed by atoms with Crippen LogP contribution in [-0.2, 0) is 6.42 Å². The minimum atomic E-state index is 0.628. The number of benzene rings is 2. The molecule has 0 nitrogen and oxygen atoms in total. The van der Waals surface area contributed by atoms with Crippen LogP contribution in [-0.4, -0.2) is 7.28 Å². The second kappa shape index (κ2) is 8.22. The Morgan fingerprint density at radius 2 is 1.23 bits per heavy atom. The van der Waals surface area contributed by atoms with Gasteiger partial charge in [0.2, 0.25) is 0 Å². The fourth-order valence-corrected chi connectivity index (χ4v) is 2.80. The Hall–Kier alpha value is -1.50. The Labute approximate surface area is 137 Å². The molecule has 0 aromatic heterocycles. The maximum absolute atomic E-state index is 2.30. The maximum atomic E-state index is 2.30. The van der Waals surface area contributed by atoms with Crippen molar-refractivity contribution in [2.45, 2.75) is 58.7 Å². The van der Waals surface area contributed by atoms with Crippen LogP contribution in [0.15, 0.2) is 48.5 Å². The van der Waals surface area contributed by atoms with Crippen molar-refractivity contribution in [3.8, 4) is 0 Å². The number of hydrogen-bond acceptors (Lipinski definition) is 0. The van der Waals surface area contributed by atoms with Crippen LogP contribution >= 0.6 is 0 Å². The molecular formula is C21H29B. The molecule has 0 saturated carbocycles. The average Bonchev–Trinajstić information content (AvgIpc) is 2.52. The Bertz CT molecular complexity index is 496. The quantitative estimate of drug-likeness (QED) is 0.495. The Balaban J connectivity index is 1.74. The normalized spacial score (nSPS) is 11.2. The summed E-state index contributed by atoms with van der Waals surface area (Å²) in [5.74, 6) is 1.26. The molecule has 1 heteroatoms. The SMILES string of the molecule is CC(C)c1ccc(BCCCc2ccc(C(C)C)cc2)cc1. The standard InChI is InChI=1S/C21H29B/c1-16(2)19-9-7-18(8-10-19)6-5-15-22-21-13-11-20(12-14-21)17(3)4/h7-14,16-17,22H,5-6,15H2,1-4H3. The monoisotopic (exact) mass is 292 g/mol. The summed E-state index contributed by atoms with van der Waals surface area (Å²) >= 11 is 0. The van der Waals surface area contributed by atoms with E-state index >= 15 is 0 Å². The maximum Gasteiger partial charge on any atom is 0.157 e. The number of aryl methyl sites for hydroxylation is 1. The van der Waals surface area contributed by atoms with Gasteiger partial charge >= 0.3 is 0 Å². The summed E-state index contributed by atoms with van der Waals surface area (Å²) in [6, 6.07) is 18.3. The van der Waals surface area contributed by atoms with Gasteiger partial charge in [-0.2, -0.15) is 0 Å². The van der Waals surface area contributed by atoms with E-state index in [1.165, 1.54) is 48.6 Å². The van der Waals surface area contributed by atoms with Crippen LogP contribution in [0.25, 0.3) is 0 Å². The summed E-state index contributed by atoms with van der Waals surface area (Å²) in [7, 11) is 1.20. The molecule has 0 bridgehead atoms. The molecule has 2 aromatic carbocycles. The van der Waals surface area contributed by atoms with E-state index in [4.69, 9.17) is 0 Å². The van der Waals surface area contributed by atoms with Crippen molar-refractivity contribution in [1.82, 2.24) is 0 Å². The van der Waals surface area contributed by atoms with E-state index in [-0.39, 0.29) is 0 Å². The zero-order valence-corrected chi connectivity index (χ0v) is 14.6. The third kappa shape index (κ3) is 5.05. The smallest absolute Gasteiger partial charge is 0.0845 e. The summed E-state index contributed by atoms with van der Waals surface area (Å²) in [6.07, 6.45) is 3.74. The molecule has 22 heavy (non-hydrogen) atoms. The summed E-state index contributed by atoms with van der Waals surface area (Å²) in [5.41, 5.74) is 5.82. The van der Waals surface area contributed by atoms with Crippen LogP contribution in [0, 0.1) is 0 Å². The highest BCUT2D eigenvalue weighted by atomic mass is 14.0. The molecular weight excluding hydrogens is 263 g/mol. The fourth-order valence-electron chi connectivity index (χ4n) is 2.80. The van der Waals surface area contributed by atoms with E-state index in [9.17, 15) is 0 Å². The topological polar surface area (TPSA) is 0 Å². The fraction of sp³-hybridized carbons (Fsp3) is 0.429. The van der Waals surface area contributed by atoms with E-state index in [2.05, 4.69) is 76.2 Å². The Morgan fingerprint density at radius 1 is 0.727 bits per heavy atom. The first-order valence-electron chi connectivity index (χ1n) is 8.74. The molecule has 0 saturated heterocycles. The lowest BCUT2D eigenvalue weighted by molar-refractivity contribution is 0.860. The summed E-state index contributed by atoms with van der Waals surface area (Å²) in [6.45, 7) is 9.00. The van der Waals surface area contributed by atoms with E-state index in [1.54, 1.807) is 0 Å². The summed E-state index contributed by atoms with van der Waals surface area (Å²) < 4.78 is 0. The molecule has 0 aliphatic carbocycles. The van der Waals surface area contributed by atoms with Gasteiger partial charge in [-0.25, -0.2) is 0 Å². The first kappa shape index (κ1) is 16.9. The van der Waals surface area contributed by atoms with Crippen molar-refractivity contribution in [2.75, 3.05) is 0 Å². The van der Waals surface area contributed by atoms with Gasteiger partial charge in [-0.15, -0.1) is 0 Å². The zero-order chi connectivity index (χ0) is 15.9. The van der Waals surface area contributed by atoms with Gasteiger partial charge in [0, 0.05) is 0 Å². The number of hydrogen-bond donors (Lipinski definition) is 0. The molecule has 0 heterocycles. The third-order valence-electron chi connectivity index (χ3n) is 4.47. The highest BCUT2D eigenvalue weighted by molar-refractivity contribution is 6.53. The second-order valence-corrected chi connectivity index (χ2v) is 7.00. The van der Waals surface area contributed by atoms with Crippen LogP contribution in [0.2, 0.25) is 6.32 Å². The lowest BCUT2D eigenvalue weighted by Gasteiger charge is -2.07. The van der Waals surface area contributed by atoms with Crippen molar-refractivity contribution < 1.29 is 0 Å². The highest BCUT2D eigenvalue weighted by Gasteiger charge is 2.02. The van der Waals surface area contributed by atoms with E-state index in [1.807, 2.05) is 0 Å². The highest BCUT2D eigenvalue weighted by Crippen LogP contribution is 2.16. The van der Waals surface area contributed by atoms with Crippen molar-refractivity contribution in [1.29, 1.82) is 0 Å². The van der Waals surface area contributed by atoms with Gasteiger partial charge in [0.1, 0.15) is 0 Å². The number of rotatable bonds is 7. The molecule has 0 atom stereocenters. The van der Waals surface area contributed by atoms with Gasteiger partial charge in [-0.05, 0) is 34.9 Å². The van der Waals surface area contributed by atoms with Crippen LogP contribution in [0.5, 0.6) is 0 Å². The zero-order valence-electron chi connectivity index (χ0n) is 14.6. The van der Waals surface area contributed by atoms with Crippen molar-refractivity contribution in [3.63, 3.8) is 0 Å². The second-order valence-electron chi connectivity index (χ2n) is 7.00. The predicted molar refractivity (Wildman–Crippen MR) is 101 cm³/mol. The van der Waals surface area contributed by atoms with Gasteiger partial charge in [0.15, 0.2) is 7.28 Å². The van der Waals surface area contributed by atoms with E-state index in [0.717, 1.165) is 0 Å². The molecule has 0 fully saturated rings. The molecule has 2 aromatic rings. The third-order valence-corrected chi connectivity index (χ3v) is 4.47. The van der Waals surface area contributed by atoms with Gasteiger partial charge in [0.25, 0.3) is 0 Å². The van der Waals surface area contributed by atoms with E-state index < -0.39 is 0 Å². The first-order chi connectivity index (χ1) is 10.6. The molecule has 116 valence electrons. The van der Waals surface area contributed by atoms with Gasteiger partial charge in [0.05, 0.1) is 0 Å². The summed E-state index contributed by atoms with van der Waals surface area (Å²) in [4.78, 5) is 0. The molecule has 0 radical (unpaired) electrons. The largest absolute Gasteiger partial charge is 0.157 e. The van der Waals surface area contributed by atoms with Gasteiger partial charge < -0.3 is 0 Å². The van der Waals surface area contributed by atoms with E-state index in [0.29, 0.717) is 11.8 Å². The average molecular weight is 292 g/mol. The Kier molecular flexibility index (Phi) is 6.30. The minimum absolute atomic E-state index is 0.628. The molecule has 2 rings (SSSR count). The lowest BCUT2D eigenvalue weighted by atomic mass is 9.66. The van der Waals surface area contributed by atoms with Gasteiger partial charge in [-0.3, -0.25) is 0 Å². The lowest BCUT2D eigenvalue weighted by Crippen LogP contribution is -2.13. The first-order valence-corrected chi connectivity index (χ1v) is 8.74. The predicted octanol–water partition coefficient (Wildman–Crippen LogP) is 5.05. The summed E-state index contributed by atoms with van der Waals surface area (Å²) in [5, 5.41) is 0. The molecule has 0 N–H and O–H groups in total. The molecule has 0 spiro atoms. The molecule has 0 amide bonds. The van der Waals surface area contributed by atoms with Gasteiger partial charge in [-0.1, -0.05) is 94.4 Å².